The van der Waals surface area contributed by atoms with Crippen LogP contribution >= 0.6 is 27.3 Å². The molecule has 2 heterocycles. The van der Waals surface area contributed by atoms with Crippen molar-refractivity contribution >= 4 is 27.3 Å². The Balaban J connectivity index is 1.94. The van der Waals surface area contributed by atoms with Gasteiger partial charge in [0.15, 0.2) is 0 Å². The van der Waals surface area contributed by atoms with E-state index >= 15 is 0 Å². The molecule has 0 aromatic carbocycles. The third-order valence-electron chi connectivity index (χ3n) is 3.19. The van der Waals surface area contributed by atoms with Gasteiger partial charge in [0.1, 0.15) is 0 Å². The minimum Gasteiger partial charge on any atom is -0.381 e. The summed E-state index contributed by atoms with van der Waals surface area (Å²) in [6.07, 6.45) is 3.66. The summed E-state index contributed by atoms with van der Waals surface area (Å²) in [4.78, 5) is 1.43. The molecule has 0 bridgehead atoms. The van der Waals surface area contributed by atoms with Gasteiger partial charge in [-0.25, -0.2) is 0 Å². The Morgan fingerprint density at radius 1 is 1.56 bits per heavy atom. The van der Waals surface area contributed by atoms with Crippen molar-refractivity contribution in [1.82, 2.24) is 5.32 Å². The van der Waals surface area contributed by atoms with Gasteiger partial charge >= 0.3 is 0 Å². The SMILES string of the molecule is CNC(CC1CCOCC1)c1cc(Br)cs1. The van der Waals surface area contributed by atoms with E-state index in [0.29, 0.717) is 6.04 Å². The summed E-state index contributed by atoms with van der Waals surface area (Å²) in [7, 11) is 2.05. The third-order valence-corrected chi connectivity index (χ3v) is 5.00. The van der Waals surface area contributed by atoms with Crippen molar-refractivity contribution in [3.63, 3.8) is 0 Å². The first kappa shape index (κ1) is 12.6. The monoisotopic (exact) mass is 303 g/mol. The van der Waals surface area contributed by atoms with E-state index in [0.717, 1.165) is 19.1 Å². The predicted octanol–water partition coefficient (Wildman–Crippen LogP) is 3.59. The van der Waals surface area contributed by atoms with Crippen LogP contribution in [0.4, 0.5) is 0 Å². The maximum Gasteiger partial charge on any atom is 0.0468 e. The molecule has 1 unspecified atom stereocenters. The van der Waals surface area contributed by atoms with Crippen LogP contribution < -0.4 is 5.32 Å². The Labute approximate surface area is 110 Å². The second-order valence-electron chi connectivity index (χ2n) is 4.30. The zero-order valence-corrected chi connectivity index (χ0v) is 11.9. The molecule has 1 aromatic heterocycles. The van der Waals surface area contributed by atoms with E-state index in [1.165, 1.54) is 28.6 Å². The largest absolute Gasteiger partial charge is 0.381 e. The molecule has 2 nitrogen and oxygen atoms in total. The Morgan fingerprint density at radius 2 is 2.31 bits per heavy atom. The fraction of sp³-hybridized carbons (Fsp3) is 0.667. The Kier molecular flexibility index (Phi) is 4.82. The maximum atomic E-state index is 5.40. The molecular formula is C12H18BrNOS. The van der Waals surface area contributed by atoms with Gasteiger partial charge in [-0.15, -0.1) is 11.3 Å². The zero-order chi connectivity index (χ0) is 11.4. The van der Waals surface area contributed by atoms with Crippen LogP contribution in [0.1, 0.15) is 30.2 Å². The molecule has 0 radical (unpaired) electrons. The molecule has 0 saturated carbocycles. The number of thiophene rings is 1. The molecular weight excluding hydrogens is 286 g/mol. The standard InChI is InChI=1S/C12H18BrNOS/c1-14-11(12-7-10(13)8-16-12)6-9-2-4-15-5-3-9/h7-9,11,14H,2-6H2,1H3. The van der Waals surface area contributed by atoms with Crippen molar-refractivity contribution in [3.8, 4) is 0 Å². The number of ether oxygens (including phenoxy) is 1. The van der Waals surface area contributed by atoms with Crippen LogP contribution in [0.2, 0.25) is 0 Å². The zero-order valence-electron chi connectivity index (χ0n) is 9.54. The van der Waals surface area contributed by atoms with Gasteiger partial charge in [-0.3, -0.25) is 0 Å². The summed E-state index contributed by atoms with van der Waals surface area (Å²) in [5.74, 6) is 0.812. The van der Waals surface area contributed by atoms with Crippen LogP contribution in [-0.2, 0) is 4.74 Å². The summed E-state index contributed by atoms with van der Waals surface area (Å²) in [5, 5.41) is 5.58. The first-order valence-corrected chi connectivity index (χ1v) is 7.46. The van der Waals surface area contributed by atoms with E-state index in [1.807, 2.05) is 11.3 Å². The second kappa shape index (κ2) is 6.15. The molecule has 4 heteroatoms. The van der Waals surface area contributed by atoms with Crippen molar-refractivity contribution in [1.29, 1.82) is 0 Å². The molecule has 1 aliphatic rings. The van der Waals surface area contributed by atoms with Crippen molar-refractivity contribution in [2.24, 2.45) is 5.92 Å². The average Bonchev–Trinajstić information content (AvgIpc) is 2.74. The molecule has 1 N–H and O–H groups in total. The number of halogens is 1. The number of rotatable bonds is 4. The van der Waals surface area contributed by atoms with Crippen LogP contribution in [0.5, 0.6) is 0 Å². The lowest BCUT2D eigenvalue weighted by Crippen LogP contribution is -2.23. The van der Waals surface area contributed by atoms with E-state index < -0.39 is 0 Å². The molecule has 1 aliphatic heterocycles. The Hall–Kier alpha value is 0.1000. The summed E-state index contributed by atoms with van der Waals surface area (Å²) < 4.78 is 6.59. The normalized spacial score (nSPS) is 19.9. The van der Waals surface area contributed by atoms with Gasteiger partial charge in [0.05, 0.1) is 0 Å². The first-order valence-electron chi connectivity index (χ1n) is 5.78. The Bertz CT molecular complexity index is 323. The van der Waals surface area contributed by atoms with Crippen LogP contribution in [0.25, 0.3) is 0 Å². The fourth-order valence-electron chi connectivity index (χ4n) is 2.20. The topological polar surface area (TPSA) is 21.3 Å². The van der Waals surface area contributed by atoms with E-state index in [4.69, 9.17) is 4.74 Å². The van der Waals surface area contributed by atoms with Gasteiger partial charge in [-0.2, -0.15) is 0 Å². The highest BCUT2D eigenvalue weighted by atomic mass is 79.9. The quantitative estimate of drug-likeness (QED) is 0.918. The molecule has 2 rings (SSSR count). The van der Waals surface area contributed by atoms with Gasteiger partial charge in [0.25, 0.3) is 0 Å². The summed E-state index contributed by atoms with van der Waals surface area (Å²) in [5.41, 5.74) is 0. The van der Waals surface area contributed by atoms with Crippen molar-refractivity contribution in [2.45, 2.75) is 25.3 Å². The van der Waals surface area contributed by atoms with Crippen molar-refractivity contribution in [3.05, 3.63) is 20.8 Å². The molecule has 1 aromatic rings. The van der Waals surface area contributed by atoms with Crippen molar-refractivity contribution < 1.29 is 4.74 Å². The third kappa shape index (κ3) is 3.29. The lowest BCUT2D eigenvalue weighted by Gasteiger charge is -2.26. The highest BCUT2D eigenvalue weighted by Gasteiger charge is 2.20. The van der Waals surface area contributed by atoms with E-state index in [2.05, 4.69) is 39.7 Å². The minimum atomic E-state index is 0.499. The van der Waals surface area contributed by atoms with E-state index in [9.17, 15) is 0 Å². The molecule has 0 spiro atoms. The molecule has 1 saturated heterocycles. The molecule has 0 aliphatic carbocycles. The highest BCUT2D eigenvalue weighted by Crippen LogP contribution is 2.32. The highest BCUT2D eigenvalue weighted by molar-refractivity contribution is 9.10. The number of nitrogens with one attached hydrogen (secondary N) is 1. The lowest BCUT2D eigenvalue weighted by atomic mass is 9.92. The van der Waals surface area contributed by atoms with E-state index in [1.54, 1.807) is 0 Å². The maximum absolute atomic E-state index is 5.40. The summed E-state index contributed by atoms with van der Waals surface area (Å²) >= 11 is 5.35. The van der Waals surface area contributed by atoms with Crippen LogP contribution in [0, 0.1) is 5.92 Å². The molecule has 16 heavy (non-hydrogen) atoms. The molecule has 0 amide bonds. The fourth-order valence-corrected chi connectivity index (χ4v) is 3.77. The van der Waals surface area contributed by atoms with Crippen LogP contribution in [0.3, 0.4) is 0 Å². The number of hydrogen-bond acceptors (Lipinski definition) is 3. The van der Waals surface area contributed by atoms with Gasteiger partial charge < -0.3 is 10.1 Å². The molecule has 1 fully saturated rings. The second-order valence-corrected chi connectivity index (χ2v) is 6.16. The molecule has 90 valence electrons. The average molecular weight is 304 g/mol. The summed E-state index contributed by atoms with van der Waals surface area (Å²) in [6.45, 7) is 1.88. The van der Waals surface area contributed by atoms with Gasteiger partial charge in [-0.1, -0.05) is 0 Å². The number of hydrogen-bond donors (Lipinski definition) is 1. The van der Waals surface area contributed by atoms with Gasteiger partial charge in [-0.05, 0) is 54.2 Å². The first-order chi connectivity index (χ1) is 7.79. The van der Waals surface area contributed by atoms with Gasteiger partial charge in [0.2, 0.25) is 0 Å². The predicted molar refractivity (Wildman–Crippen MR) is 72.0 cm³/mol. The van der Waals surface area contributed by atoms with E-state index in [-0.39, 0.29) is 0 Å². The van der Waals surface area contributed by atoms with Crippen molar-refractivity contribution in [2.75, 3.05) is 20.3 Å². The van der Waals surface area contributed by atoms with Crippen LogP contribution in [0.15, 0.2) is 15.9 Å². The molecule has 1 atom stereocenters. The lowest BCUT2D eigenvalue weighted by molar-refractivity contribution is 0.0609. The Morgan fingerprint density at radius 3 is 2.88 bits per heavy atom. The smallest absolute Gasteiger partial charge is 0.0468 e. The minimum absolute atomic E-state index is 0.499. The van der Waals surface area contributed by atoms with Crippen LogP contribution in [-0.4, -0.2) is 20.3 Å². The van der Waals surface area contributed by atoms with Gasteiger partial charge in [0, 0.05) is 34.0 Å². The summed E-state index contributed by atoms with van der Waals surface area (Å²) in [6, 6.07) is 2.73.